The van der Waals surface area contributed by atoms with Crippen molar-refractivity contribution in [3.63, 3.8) is 0 Å². The van der Waals surface area contributed by atoms with Crippen LogP contribution >= 0.6 is 0 Å². The summed E-state index contributed by atoms with van der Waals surface area (Å²) in [6.45, 7) is 6.93. The molecule has 1 aliphatic heterocycles. The molecule has 1 aliphatic carbocycles. The first-order valence-electron chi connectivity index (χ1n) is 5.06. The Bertz CT molecular complexity index is 314. The Kier molecular flexibility index (Phi) is 2.02. The van der Waals surface area contributed by atoms with Crippen molar-refractivity contribution in [2.45, 2.75) is 26.8 Å². The Morgan fingerprint density at radius 3 is 2.93 bits per heavy atom. The highest BCUT2D eigenvalue weighted by Crippen LogP contribution is 2.42. The third-order valence-electron chi connectivity index (χ3n) is 3.28. The van der Waals surface area contributed by atoms with Crippen molar-refractivity contribution in [1.82, 2.24) is 4.90 Å². The van der Waals surface area contributed by atoms with Crippen LogP contribution in [0.2, 0.25) is 0 Å². The summed E-state index contributed by atoms with van der Waals surface area (Å²) in [6, 6.07) is 0.229. The molecule has 14 heavy (non-hydrogen) atoms. The van der Waals surface area contributed by atoms with Gasteiger partial charge in [0, 0.05) is 19.4 Å². The molecular formula is C12H16NO. The molecule has 2 atom stereocenters. The monoisotopic (exact) mass is 190 g/mol. The number of carbonyl (C=O) groups is 1. The van der Waals surface area contributed by atoms with Crippen LogP contribution in [0, 0.1) is 17.4 Å². The molecule has 2 heteroatoms. The Morgan fingerprint density at radius 2 is 2.29 bits per heavy atom. The average molecular weight is 190 g/mol. The minimum atomic E-state index is 0.166. The van der Waals surface area contributed by atoms with Gasteiger partial charge in [0.05, 0.1) is 6.04 Å². The molecule has 0 aromatic carbocycles. The van der Waals surface area contributed by atoms with Crippen molar-refractivity contribution in [3.05, 3.63) is 24.3 Å². The van der Waals surface area contributed by atoms with Crippen molar-refractivity contribution in [1.29, 1.82) is 0 Å². The van der Waals surface area contributed by atoms with Crippen molar-refractivity contribution in [3.8, 4) is 0 Å². The molecule has 1 fully saturated rings. The van der Waals surface area contributed by atoms with E-state index < -0.39 is 0 Å². The maximum atomic E-state index is 11.4. The molecule has 1 heterocycles. The van der Waals surface area contributed by atoms with Crippen molar-refractivity contribution in [2.24, 2.45) is 11.3 Å². The van der Waals surface area contributed by atoms with Gasteiger partial charge in [-0.15, -0.1) is 0 Å². The number of carbonyl (C=O) groups excluding carboxylic acids is 1. The Labute approximate surface area is 85.3 Å². The Balaban J connectivity index is 2.32. The van der Waals surface area contributed by atoms with E-state index in [1.807, 2.05) is 17.1 Å². The summed E-state index contributed by atoms with van der Waals surface area (Å²) in [4.78, 5) is 13.4. The van der Waals surface area contributed by atoms with E-state index in [1.54, 1.807) is 6.92 Å². The molecule has 2 unspecified atom stereocenters. The second kappa shape index (κ2) is 2.97. The first kappa shape index (κ1) is 9.50. The number of nitrogens with zero attached hydrogens (tertiary/aromatic N) is 1. The molecule has 0 spiro atoms. The lowest BCUT2D eigenvalue weighted by Crippen LogP contribution is -2.35. The number of allylic oxidation sites excluding steroid dienone is 2. The number of fused-ring (bicyclic) bond motifs is 1. The molecule has 2 nitrogen and oxygen atoms in total. The summed E-state index contributed by atoms with van der Waals surface area (Å²) in [5.41, 5.74) is 0.186. The van der Waals surface area contributed by atoms with Crippen LogP contribution in [0.1, 0.15) is 20.8 Å². The lowest BCUT2D eigenvalue weighted by Gasteiger charge is -2.26. The van der Waals surface area contributed by atoms with Gasteiger partial charge in [0.2, 0.25) is 5.91 Å². The van der Waals surface area contributed by atoms with Crippen LogP contribution in [-0.4, -0.2) is 23.4 Å². The summed E-state index contributed by atoms with van der Waals surface area (Å²) < 4.78 is 0. The maximum absolute atomic E-state index is 11.4. The van der Waals surface area contributed by atoms with Gasteiger partial charge in [-0.25, -0.2) is 0 Å². The molecule has 75 valence electrons. The van der Waals surface area contributed by atoms with Crippen LogP contribution < -0.4 is 0 Å². The van der Waals surface area contributed by atoms with E-state index in [0.29, 0.717) is 5.92 Å². The second-order valence-electron chi connectivity index (χ2n) is 4.84. The predicted octanol–water partition coefficient (Wildman–Crippen LogP) is 1.79. The van der Waals surface area contributed by atoms with Gasteiger partial charge in [0.1, 0.15) is 0 Å². The number of hydrogen-bond donors (Lipinski definition) is 0. The first-order valence-corrected chi connectivity index (χ1v) is 5.06. The molecular weight excluding hydrogens is 174 g/mol. The van der Waals surface area contributed by atoms with Crippen LogP contribution in [0.3, 0.4) is 0 Å². The van der Waals surface area contributed by atoms with E-state index in [4.69, 9.17) is 0 Å². The number of rotatable bonds is 0. The predicted molar refractivity (Wildman–Crippen MR) is 55.4 cm³/mol. The van der Waals surface area contributed by atoms with E-state index in [9.17, 15) is 4.79 Å². The SMILES string of the molecule is CC(=O)N1CC(C)(C)C2C=C[C]=CC21. The van der Waals surface area contributed by atoms with Crippen LogP contribution in [0.15, 0.2) is 18.2 Å². The van der Waals surface area contributed by atoms with E-state index in [2.05, 4.69) is 26.0 Å². The van der Waals surface area contributed by atoms with Gasteiger partial charge < -0.3 is 4.90 Å². The van der Waals surface area contributed by atoms with Gasteiger partial charge in [-0.2, -0.15) is 0 Å². The lowest BCUT2D eigenvalue weighted by molar-refractivity contribution is -0.129. The van der Waals surface area contributed by atoms with E-state index in [1.165, 1.54) is 0 Å². The fraction of sp³-hybridized carbons (Fsp3) is 0.583. The molecule has 0 aromatic rings. The molecule has 1 radical (unpaired) electrons. The van der Waals surface area contributed by atoms with Crippen LogP contribution in [-0.2, 0) is 4.79 Å². The number of hydrogen-bond acceptors (Lipinski definition) is 1. The zero-order chi connectivity index (χ0) is 10.3. The van der Waals surface area contributed by atoms with Crippen LogP contribution in [0.4, 0.5) is 0 Å². The third kappa shape index (κ3) is 1.29. The molecule has 2 rings (SSSR count). The number of amides is 1. The Hall–Kier alpha value is -1.05. The molecule has 1 amide bonds. The normalized spacial score (nSPS) is 33.2. The van der Waals surface area contributed by atoms with Gasteiger partial charge in [-0.1, -0.05) is 32.1 Å². The summed E-state index contributed by atoms with van der Waals surface area (Å²) >= 11 is 0. The van der Waals surface area contributed by atoms with E-state index in [0.717, 1.165) is 6.54 Å². The fourth-order valence-electron chi connectivity index (χ4n) is 2.51. The van der Waals surface area contributed by atoms with E-state index in [-0.39, 0.29) is 17.4 Å². The highest BCUT2D eigenvalue weighted by molar-refractivity contribution is 5.74. The first-order chi connectivity index (χ1) is 6.52. The van der Waals surface area contributed by atoms with Crippen molar-refractivity contribution < 1.29 is 4.79 Å². The summed E-state index contributed by atoms with van der Waals surface area (Å²) in [5, 5.41) is 0. The average Bonchev–Trinajstić information content (AvgIpc) is 2.40. The van der Waals surface area contributed by atoms with Crippen molar-refractivity contribution >= 4 is 5.91 Å². The van der Waals surface area contributed by atoms with Crippen LogP contribution in [0.5, 0.6) is 0 Å². The fourth-order valence-corrected chi connectivity index (χ4v) is 2.51. The highest BCUT2D eigenvalue weighted by Gasteiger charge is 2.45. The van der Waals surface area contributed by atoms with Gasteiger partial charge in [-0.3, -0.25) is 4.79 Å². The second-order valence-corrected chi connectivity index (χ2v) is 4.84. The Morgan fingerprint density at radius 1 is 1.57 bits per heavy atom. The smallest absolute Gasteiger partial charge is 0.219 e. The van der Waals surface area contributed by atoms with Gasteiger partial charge in [0.15, 0.2) is 0 Å². The van der Waals surface area contributed by atoms with Crippen LogP contribution in [0.25, 0.3) is 0 Å². The summed E-state index contributed by atoms with van der Waals surface area (Å²) in [7, 11) is 0. The molecule has 0 N–H and O–H groups in total. The number of likely N-dealkylation sites (tertiary alicyclic amines) is 1. The summed E-state index contributed by atoms with van der Waals surface area (Å²) in [6.07, 6.45) is 9.23. The standard InChI is InChI=1S/C12H16NO/c1-9(14)13-8-12(2,3)10-6-4-5-7-11(10)13/h4,6-7,10-11H,8H2,1-3H3. The molecule has 0 saturated carbocycles. The minimum absolute atomic E-state index is 0.166. The molecule has 0 bridgehead atoms. The zero-order valence-corrected chi connectivity index (χ0v) is 8.95. The maximum Gasteiger partial charge on any atom is 0.219 e. The van der Waals surface area contributed by atoms with E-state index >= 15 is 0 Å². The van der Waals surface area contributed by atoms with Gasteiger partial charge in [0.25, 0.3) is 0 Å². The molecule has 2 aliphatic rings. The molecule has 0 aromatic heterocycles. The quantitative estimate of drug-likeness (QED) is 0.570. The van der Waals surface area contributed by atoms with Gasteiger partial charge in [-0.05, 0) is 11.5 Å². The lowest BCUT2D eigenvalue weighted by atomic mass is 9.77. The minimum Gasteiger partial charge on any atom is -0.335 e. The van der Waals surface area contributed by atoms with Gasteiger partial charge >= 0.3 is 0 Å². The largest absolute Gasteiger partial charge is 0.335 e. The van der Waals surface area contributed by atoms with Crippen molar-refractivity contribution in [2.75, 3.05) is 6.54 Å². The zero-order valence-electron chi connectivity index (χ0n) is 8.95. The third-order valence-corrected chi connectivity index (χ3v) is 3.28. The summed E-state index contributed by atoms with van der Waals surface area (Å²) in [5.74, 6) is 0.617. The molecule has 1 saturated heterocycles. The topological polar surface area (TPSA) is 20.3 Å². The highest BCUT2D eigenvalue weighted by atomic mass is 16.2.